The predicted molar refractivity (Wildman–Crippen MR) is 120 cm³/mol. The van der Waals surface area contributed by atoms with Gasteiger partial charge in [-0.1, -0.05) is 36.4 Å². The second-order valence-corrected chi connectivity index (χ2v) is 7.50. The zero-order chi connectivity index (χ0) is 21.7. The molecule has 158 valence electrons. The number of benzene rings is 2. The highest BCUT2D eigenvalue weighted by atomic mass is 35.5. The molecule has 0 amide bonds. The third-order valence-corrected chi connectivity index (χ3v) is 5.13. The number of ether oxygens (including phenoxy) is 3. The summed E-state index contributed by atoms with van der Waals surface area (Å²) < 4.78 is 16.7. The lowest BCUT2D eigenvalue weighted by molar-refractivity contribution is -0.145. The van der Waals surface area contributed by atoms with Gasteiger partial charge in [-0.15, -0.1) is 0 Å². The van der Waals surface area contributed by atoms with Crippen LogP contribution in [0.25, 0.3) is 0 Å². The SMILES string of the molecule is C=C1NC(=S)NC(c2ccc(OCc3ccc(Cl)cc3)c(OCC)c2)C1C(=O)OC. The molecule has 2 N–H and O–H groups in total. The maximum absolute atomic E-state index is 12.4. The molecule has 30 heavy (non-hydrogen) atoms. The highest BCUT2D eigenvalue weighted by Crippen LogP contribution is 2.36. The summed E-state index contributed by atoms with van der Waals surface area (Å²) in [6.07, 6.45) is 0. The summed E-state index contributed by atoms with van der Waals surface area (Å²) in [5, 5.41) is 7.10. The Morgan fingerprint density at radius 3 is 2.57 bits per heavy atom. The van der Waals surface area contributed by atoms with Gasteiger partial charge in [-0.3, -0.25) is 4.79 Å². The van der Waals surface area contributed by atoms with Crippen molar-refractivity contribution in [2.24, 2.45) is 5.92 Å². The number of methoxy groups -OCH3 is 1. The summed E-state index contributed by atoms with van der Waals surface area (Å²) in [5.74, 6) is 0.121. The van der Waals surface area contributed by atoms with E-state index in [0.29, 0.717) is 40.5 Å². The van der Waals surface area contributed by atoms with Gasteiger partial charge in [0.15, 0.2) is 16.6 Å². The first-order chi connectivity index (χ1) is 14.4. The minimum atomic E-state index is -0.642. The number of hydrogen-bond donors (Lipinski definition) is 2. The molecular formula is C22H23ClN2O4S. The van der Waals surface area contributed by atoms with Crippen molar-refractivity contribution in [2.45, 2.75) is 19.6 Å². The molecule has 1 fully saturated rings. The minimum absolute atomic E-state index is 0.369. The van der Waals surface area contributed by atoms with Gasteiger partial charge in [-0.2, -0.15) is 0 Å². The Morgan fingerprint density at radius 2 is 1.90 bits per heavy atom. The third-order valence-electron chi connectivity index (χ3n) is 4.66. The van der Waals surface area contributed by atoms with Crippen LogP contribution in [0.3, 0.4) is 0 Å². The van der Waals surface area contributed by atoms with Crippen LogP contribution >= 0.6 is 23.8 Å². The molecule has 2 atom stereocenters. The Kier molecular flexibility index (Phi) is 7.18. The second kappa shape index (κ2) is 9.82. The standard InChI is InChI=1S/C22H23ClN2O4S/c1-4-28-18-11-15(20-19(21(26)27-3)13(2)24-22(30)25-20)7-10-17(18)29-12-14-5-8-16(23)9-6-14/h5-11,19-20H,2,4,12H2,1,3H3,(H2,24,25,30). The number of nitrogens with one attached hydrogen (secondary N) is 2. The van der Waals surface area contributed by atoms with E-state index >= 15 is 0 Å². The Bertz CT molecular complexity index is 949. The fourth-order valence-electron chi connectivity index (χ4n) is 3.21. The number of rotatable bonds is 7. The van der Waals surface area contributed by atoms with E-state index in [0.717, 1.165) is 11.1 Å². The smallest absolute Gasteiger partial charge is 0.317 e. The number of thiocarbonyl (C=S) groups is 1. The van der Waals surface area contributed by atoms with Gasteiger partial charge in [-0.25, -0.2) is 0 Å². The van der Waals surface area contributed by atoms with Crippen molar-refractivity contribution in [1.29, 1.82) is 0 Å². The van der Waals surface area contributed by atoms with E-state index in [-0.39, 0.29) is 0 Å². The van der Waals surface area contributed by atoms with E-state index in [1.807, 2.05) is 49.4 Å². The molecule has 6 nitrogen and oxygen atoms in total. The molecule has 2 unspecified atom stereocenters. The first kappa shape index (κ1) is 21.9. The van der Waals surface area contributed by atoms with Gasteiger partial charge in [0.25, 0.3) is 0 Å². The molecule has 1 saturated heterocycles. The van der Waals surface area contributed by atoms with Crippen LogP contribution in [0.2, 0.25) is 5.02 Å². The average Bonchev–Trinajstić information content (AvgIpc) is 2.73. The van der Waals surface area contributed by atoms with Crippen molar-refractivity contribution < 1.29 is 19.0 Å². The van der Waals surface area contributed by atoms with Crippen molar-refractivity contribution >= 4 is 34.9 Å². The first-order valence-electron chi connectivity index (χ1n) is 9.41. The molecule has 2 aromatic carbocycles. The van der Waals surface area contributed by atoms with Crippen LogP contribution in [-0.2, 0) is 16.1 Å². The van der Waals surface area contributed by atoms with Crippen molar-refractivity contribution in [2.75, 3.05) is 13.7 Å². The van der Waals surface area contributed by atoms with E-state index in [9.17, 15) is 4.79 Å². The maximum atomic E-state index is 12.4. The maximum Gasteiger partial charge on any atom is 0.317 e. The minimum Gasteiger partial charge on any atom is -0.490 e. The number of halogens is 1. The molecule has 0 aliphatic carbocycles. The molecule has 8 heteroatoms. The normalized spacial score (nSPS) is 18.2. The van der Waals surface area contributed by atoms with E-state index in [1.54, 1.807) is 0 Å². The van der Waals surface area contributed by atoms with Crippen LogP contribution in [0, 0.1) is 5.92 Å². The van der Waals surface area contributed by atoms with Gasteiger partial charge in [-0.05, 0) is 54.5 Å². The fraction of sp³-hybridized carbons (Fsp3) is 0.273. The lowest BCUT2D eigenvalue weighted by atomic mass is 9.89. The number of esters is 1. The van der Waals surface area contributed by atoms with Gasteiger partial charge in [0, 0.05) is 10.7 Å². The van der Waals surface area contributed by atoms with Crippen LogP contribution < -0.4 is 20.1 Å². The molecule has 0 saturated carbocycles. The van der Waals surface area contributed by atoms with E-state index < -0.39 is 17.9 Å². The highest BCUT2D eigenvalue weighted by Gasteiger charge is 2.37. The van der Waals surface area contributed by atoms with Crippen molar-refractivity contribution in [3.63, 3.8) is 0 Å². The van der Waals surface area contributed by atoms with Crippen LogP contribution in [0.4, 0.5) is 0 Å². The van der Waals surface area contributed by atoms with Gasteiger partial charge in [0.2, 0.25) is 0 Å². The Labute approximate surface area is 186 Å². The lowest BCUT2D eigenvalue weighted by Crippen LogP contribution is -2.50. The summed E-state index contributed by atoms with van der Waals surface area (Å²) in [6.45, 7) is 6.66. The van der Waals surface area contributed by atoms with Crippen LogP contribution in [0.5, 0.6) is 11.5 Å². The Morgan fingerprint density at radius 1 is 1.17 bits per heavy atom. The van der Waals surface area contributed by atoms with Crippen molar-refractivity contribution in [3.05, 3.63) is 70.9 Å². The van der Waals surface area contributed by atoms with E-state index in [4.69, 9.17) is 38.0 Å². The topological polar surface area (TPSA) is 68.8 Å². The summed E-state index contributed by atoms with van der Waals surface area (Å²) in [4.78, 5) is 12.4. The average molecular weight is 447 g/mol. The van der Waals surface area contributed by atoms with Gasteiger partial charge < -0.3 is 24.8 Å². The lowest BCUT2D eigenvalue weighted by Gasteiger charge is -2.34. The zero-order valence-electron chi connectivity index (χ0n) is 16.7. The molecule has 0 spiro atoms. The zero-order valence-corrected chi connectivity index (χ0v) is 18.3. The largest absolute Gasteiger partial charge is 0.490 e. The number of carbonyl (C=O) groups is 1. The van der Waals surface area contributed by atoms with Gasteiger partial charge >= 0.3 is 5.97 Å². The quantitative estimate of drug-likeness (QED) is 0.489. The molecule has 1 aliphatic heterocycles. The summed E-state index contributed by atoms with van der Waals surface area (Å²) >= 11 is 11.2. The molecule has 2 aromatic rings. The van der Waals surface area contributed by atoms with Crippen molar-refractivity contribution in [3.8, 4) is 11.5 Å². The number of hydrogen-bond acceptors (Lipinski definition) is 5. The molecule has 0 radical (unpaired) electrons. The third kappa shape index (κ3) is 5.04. The van der Waals surface area contributed by atoms with Crippen LogP contribution in [0.1, 0.15) is 24.1 Å². The first-order valence-corrected chi connectivity index (χ1v) is 10.2. The molecule has 0 aromatic heterocycles. The Hall–Kier alpha value is -2.77. The van der Waals surface area contributed by atoms with Gasteiger partial charge in [0.05, 0.1) is 19.8 Å². The van der Waals surface area contributed by atoms with Crippen LogP contribution in [0.15, 0.2) is 54.7 Å². The van der Waals surface area contributed by atoms with Crippen LogP contribution in [-0.4, -0.2) is 24.8 Å². The summed E-state index contributed by atoms with van der Waals surface area (Å²) in [5.41, 5.74) is 2.27. The molecular weight excluding hydrogens is 424 g/mol. The van der Waals surface area contributed by atoms with Gasteiger partial charge in [0.1, 0.15) is 12.5 Å². The molecule has 1 aliphatic rings. The predicted octanol–water partition coefficient (Wildman–Crippen LogP) is 4.14. The number of carbonyl (C=O) groups excluding carboxylic acids is 1. The Balaban J connectivity index is 1.87. The van der Waals surface area contributed by atoms with Crippen molar-refractivity contribution in [1.82, 2.24) is 10.6 Å². The molecule has 1 heterocycles. The van der Waals surface area contributed by atoms with E-state index in [2.05, 4.69) is 17.2 Å². The highest BCUT2D eigenvalue weighted by molar-refractivity contribution is 7.80. The summed E-state index contributed by atoms with van der Waals surface area (Å²) in [7, 11) is 1.35. The van der Waals surface area contributed by atoms with E-state index in [1.165, 1.54) is 7.11 Å². The molecule has 3 rings (SSSR count). The summed E-state index contributed by atoms with van der Waals surface area (Å²) in [6, 6.07) is 12.5. The fourth-order valence-corrected chi connectivity index (χ4v) is 3.60. The molecule has 0 bridgehead atoms. The second-order valence-electron chi connectivity index (χ2n) is 6.66. The monoisotopic (exact) mass is 446 g/mol.